The molecule has 6 saturated heterocycles. The number of rotatable bonds is 16. The van der Waals surface area contributed by atoms with Crippen LogP contribution >= 0.6 is 0 Å². The van der Waals surface area contributed by atoms with Gasteiger partial charge in [0.2, 0.25) is 0 Å². The van der Waals surface area contributed by atoms with Crippen molar-refractivity contribution >= 4 is 70.4 Å². The maximum absolute atomic E-state index is 7.70. The van der Waals surface area contributed by atoms with E-state index in [-0.39, 0.29) is 48.0 Å². The third-order valence-electron chi connectivity index (χ3n) is 8.79. The monoisotopic (exact) mass is 859 g/mol. The van der Waals surface area contributed by atoms with E-state index in [0.717, 1.165) is 0 Å². The Balaban J connectivity index is 1.96. The number of hydrogen-bond donors (Lipinski definition) is 1. The van der Waals surface area contributed by atoms with Crippen molar-refractivity contribution in [3.8, 4) is 0 Å². The second kappa shape index (κ2) is 15.5. The number of nitrogens with two attached hydrogens (primary N) is 1. The lowest BCUT2D eigenvalue weighted by Crippen LogP contribution is -2.88. The lowest BCUT2D eigenvalue weighted by Gasteiger charge is -2.64. The van der Waals surface area contributed by atoms with E-state index < -0.39 is 70.4 Å². The van der Waals surface area contributed by atoms with E-state index in [1.165, 1.54) is 0 Å². The van der Waals surface area contributed by atoms with Crippen molar-refractivity contribution in [2.45, 2.75) is 145 Å². The van der Waals surface area contributed by atoms with Gasteiger partial charge in [-0.25, -0.2) is 0 Å². The quantitative estimate of drug-likeness (QED) is 0.156. The molecule has 6 heterocycles. The minimum absolute atomic E-state index is 0.125. The Morgan fingerprint density at radius 2 is 0.412 bits per heavy atom. The molecule has 0 amide bonds. The molecule has 0 atom stereocenters. The van der Waals surface area contributed by atoms with Crippen LogP contribution in [0.1, 0.15) is 96.9 Å². The molecule has 0 aliphatic carbocycles. The third kappa shape index (κ3) is 9.85. The zero-order valence-corrected chi connectivity index (χ0v) is 41.9. The van der Waals surface area contributed by atoms with Gasteiger partial charge in [0.15, 0.2) is 0 Å². The van der Waals surface area contributed by atoms with Gasteiger partial charge in [0.25, 0.3) is 0 Å². The van der Waals surface area contributed by atoms with Crippen LogP contribution in [0.5, 0.6) is 0 Å². The van der Waals surface area contributed by atoms with E-state index in [0.29, 0.717) is 48.4 Å². The molecule has 6 aliphatic rings. The molecule has 8 bridgehead atoms. The van der Waals surface area contributed by atoms with Crippen molar-refractivity contribution in [2.24, 2.45) is 47.2 Å². The van der Waals surface area contributed by atoms with Crippen LogP contribution in [-0.2, 0) is 49.4 Å². The molecular formula is C30H69NO12Si8. The van der Waals surface area contributed by atoms with Crippen LogP contribution in [0.3, 0.4) is 0 Å². The van der Waals surface area contributed by atoms with Gasteiger partial charge in [-0.1, -0.05) is 96.9 Å². The summed E-state index contributed by atoms with van der Waals surface area (Å²) in [6, 6.07) is 3.69. The highest BCUT2D eigenvalue weighted by Gasteiger charge is 2.83. The fourth-order valence-corrected chi connectivity index (χ4v) is 59.4. The molecule has 0 saturated carbocycles. The highest BCUT2D eigenvalue weighted by molar-refractivity contribution is 7.03. The van der Waals surface area contributed by atoms with Crippen LogP contribution in [0.4, 0.5) is 0 Å². The van der Waals surface area contributed by atoms with Gasteiger partial charge in [0, 0.05) is 48.4 Å². The average Bonchev–Trinajstić information content (AvgIpc) is 2.80. The standard InChI is InChI=1S/C30H69NO12Si8/c1-24(2)17-45-32-44(16-15-31)33-46(18-25(3)4)37-48(35-45,20-27(7)8)41-51(23-30(13)14)42-49(36-45,21-28(9)10)38-47(34-44,19-26(5)6)40-50(39-46,43-51)22-29(11)12/h24-30H,15-23,31H2,1-14H3. The van der Waals surface area contributed by atoms with Crippen LogP contribution < -0.4 is 5.73 Å². The number of hydrogen-bond acceptors (Lipinski definition) is 13. The second-order valence-corrected chi connectivity index (χ2v) is 42.5. The Hall–Kier alpha value is 1.22. The van der Waals surface area contributed by atoms with Crippen molar-refractivity contribution in [3.05, 3.63) is 0 Å². The fraction of sp³-hybridized carbons (Fsp3) is 1.00. The smallest absolute Gasteiger partial charge is 0.373 e. The Labute approximate surface area is 317 Å². The molecule has 0 aromatic carbocycles. The molecule has 298 valence electrons. The lowest BCUT2D eigenvalue weighted by atomic mass is 10.3. The van der Waals surface area contributed by atoms with Gasteiger partial charge in [-0.15, -0.1) is 0 Å². The van der Waals surface area contributed by atoms with Crippen LogP contribution in [0.2, 0.25) is 48.4 Å². The van der Waals surface area contributed by atoms with Crippen molar-refractivity contribution in [1.82, 2.24) is 0 Å². The fourth-order valence-electron chi connectivity index (χ4n) is 8.05. The van der Waals surface area contributed by atoms with E-state index >= 15 is 0 Å². The normalized spacial score (nSPS) is 42.5. The first-order chi connectivity index (χ1) is 23.5. The van der Waals surface area contributed by atoms with Crippen LogP contribution in [0.25, 0.3) is 0 Å². The summed E-state index contributed by atoms with van der Waals surface area (Å²) in [6.07, 6.45) is 0. The highest BCUT2D eigenvalue weighted by atomic mass is 28.6. The predicted molar refractivity (Wildman–Crippen MR) is 210 cm³/mol. The first-order valence-corrected chi connectivity index (χ1v) is 35.0. The van der Waals surface area contributed by atoms with Gasteiger partial charge in [-0.3, -0.25) is 0 Å². The zero-order chi connectivity index (χ0) is 37.9. The van der Waals surface area contributed by atoms with Gasteiger partial charge in [-0.2, -0.15) is 0 Å². The maximum Gasteiger partial charge on any atom is 0.480 e. The van der Waals surface area contributed by atoms with Gasteiger partial charge >= 0.3 is 70.4 Å². The van der Waals surface area contributed by atoms with Crippen molar-refractivity contribution in [2.75, 3.05) is 6.54 Å². The molecule has 0 unspecified atom stereocenters. The SMILES string of the molecule is CC(C)C[Si]12O[Si]3(CCN)O[Si]4(CC(C)C)O[Si](CC(C)C)(O1)O[Si]1(CC(C)C)O[Si](CC(C)C)(O2)O[Si](CC(C)C)(O3)O[Si](CC(C)C)(O4)O1. The van der Waals surface area contributed by atoms with E-state index in [2.05, 4.69) is 96.9 Å². The van der Waals surface area contributed by atoms with Crippen molar-refractivity contribution in [3.63, 3.8) is 0 Å². The van der Waals surface area contributed by atoms with Crippen molar-refractivity contribution in [1.29, 1.82) is 0 Å². The van der Waals surface area contributed by atoms with E-state index in [9.17, 15) is 0 Å². The van der Waals surface area contributed by atoms with Gasteiger partial charge < -0.3 is 55.1 Å². The lowest BCUT2D eigenvalue weighted by molar-refractivity contribution is -0.0338. The Morgan fingerprint density at radius 1 is 0.275 bits per heavy atom. The Kier molecular flexibility index (Phi) is 13.2. The molecule has 0 aromatic rings. The largest absolute Gasteiger partial charge is 0.480 e. The summed E-state index contributed by atoms with van der Waals surface area (Å²) in [5, 5.41) is 0. The molecular weight excluding hydrogens is 791 g/mol. The van der Waals surface area contributed by atoms with Gasteiger partial charge in [0.05, 0.1) is 0 Å². The minimum Gasteiger partial charge on any atom is -0.373 e. The Bertz CT molecular complexity index is 1070. The summed E-state index contributed by atoms with van der Waals surface area (Å²) < 4.78 is 91.9. The highest BCUT2D eigenvalue weighted by Crippen LogP contribution is 2.55. The molecule has 0 aromatic heterocycles. The summed E-state index contributed by atoms with van der Waals surface area (Å²) in [7, 11) is -31.0. The van der Waals surface area contributed by atoms with Gasteiger partial charge in [-0.05, 0) is 48.0 Å². The molecule has 6 rings (SSSR count). The minimum atomic E-state index is -3.91. The molecule has 0 radical (unpaired) electrons. The van der Waals surface area contributed by atoms with Crippen molar-refractivity contribution < 1.29 is 49.4 Å². The summed E-state index contributed by atoms with van der Waals surface area (Å²) in [5.74, 6) is 0.913. The molecule has 6 aliphatic heterocycles. The molecule has 2 N–H and O–H groups in total. The van der Waals surface area contributed by atoms with E-state index in [1.807, 2.05) is 0 Å². The molecule has 51 heavy (non-hydrogen) atoms. The first-order valence-electron chi connectivity index (χ1n) is 19.6. The summed E-state index contributed by atoms with van der Waals surface area (Å²) in [4.78, 5) is 0. The van der Waals surface area contributed by atoms with Crippen LogP contribution in [-0.4, -0.2) is 77.0 Å². The van der Waals surface area contributed by atoms with E-state index in [4.69, 9.17) is 55.1 Å². The predicted octanol–water partition coefficient (Wildman–Crippen LogP) is 7.32. The van der Waals surface area contributed by atoms with Crippen LogP contribution in [0.15, 0.2) is 0 Å². The first kappa shape index (κ1) is 43.3. The summed E-state index contributed by atoms with van der Waals surface area (Å²) in [6.45, 7) is 30.4. The molecule has 6 fully saturated rings. The Morgan fingerprint density at radius 3 is 0.529 bits per heavy atom. The average molecular weight is 861 g/mol. The van der Waals surface area contributed by atoms with E-state index in [1.54, 1.807) is 0 Å². The third-order valence-corrected chi connectivity index (χ3v) is 48.8. The summed E-state index contributed by atoms with van der Waals surface area (Å²) >= 11 is 0. The zero-order valence-electron chi connectivity index (χ0n) is 33.9. The molecule has 13 nitrogen and oxygen atoms in total. The second-order valence-electron chi connectivity index (χ2n) is 18.4. The van der Waals surface area contributed by atoms with Crippen LogP contribution in [0, 0.1) is 41.4 Å². The molecule has 0 spiro atoms. The molecule has 21 heteroatoms. The summed E-state index contributed by atoms with van der Waals surface area (Å²) in [5.41, 5.74) is 6.47. The topological polar surface area (TPSA) is 137 Å². The maximum atomic E-state index is 7.70. The van der Waals surface area contributed by atoms with Gasteiger partial charge in [0.1, 0.15) is 0 Å².